The van der Waals surface area contributed by atoms with Crippen molar-refractivity contribution < 1.29 is 23.9 Å². The molecular formula is C26H31ClFN3O4. The second-order valence-electron chi connectivity index (χ2n) is 9.91. The Balaban J connectivity index is 2.06. The van der Waals surface area contributed by atoms with E-state index in [1.807, 2.05) is 56.9 Å². The van der Waals surface area contributed by atoms with Gasteiger partial charge in [0.15, 0.2) is 0 Å². The third-order valence-corrected chi connectivity index (χ3v) is 6.96. The number of carboxylic acids is 1. The van der Waals surface area contributed by atoms with Crippen LogP contribution in [0.1, 0.15) is 61.5 Å². The fourth-order valence-corrected chi connectivity index (χ4v) is 4.77. The van der Waals surface area contributed by atoms with Crippen LogP contribution in [0.4, 0.5) is 10.1 Å². The number of hydrogen-bond donors (Lipinski definition) is 3. The molecule has 2 aromatic carbocycles. The number of hydrogen-bond acceptors (Lipinski definition) is 4. The van der Waals surface area contributed by atoms with Crippen LogP contribution in [0.2, 0.25) is 5.02 Å². The summed E-state index contributed by atoms with van der Waals surface area (Å²) >= 11 is 5.89. The first kappa shape index (κ1) is 26.6. The fraction of sp³-hybridized carbons (Fsp3) is 0.423. The molecule has 0 aromatic heterocycles. The van der Waals surface area contributed by atoms with Crippen LogP contribution >= 0.6 is 11.6 Å². The number of benzene rings is 2. The van der Waals surface area contributed by atoms with E-state index in [1.54, 1.807) is 0 Å². The van der Waals surface area contributed by atoms with Gasteiger partial charge in [0.1, 0.15) is 5.82 Å². The molecule has 0 aliphatic carbocycles. The Kier molecular flexibility index (Phi) is 7.57. The molecule has 188 valence electrons. The van der Waals surface area contributed by atoms with Crippen LogP contribution < -0.4 is 10.6 Å². The smallest absolute Gasteiger partial charge is 0.305 e. The van der Waals surface area contributed by atoms with E-state index < -0.39 is 34.6 Å². The number of nitrogens with one attached hydrogen (secondary N) is 2. The number of rotatable bonds is 8. The maximum atomic E-state index is 14.3. The van der Waals surface area contributed by atoms with Crippen molar-refractivity contribution in [1.82, 2.24) is 10.2 Å². The molecule has 3 N–H and O–H groups in total. The molecule has 7 nitrogen and oxygen atoms in total. The molecule has 0 saturated carbocycles. The minimum atomic E-state index is -1.02. The summed E-state index contributed by atoms with van der Waals surface area (Å²) in [5.41, 5.74) is 0.176. The largest absolute Gasteiger partial charge is 0.481 e. The van der Waals surface area contributed by atoms with Gasteiger partial charge in [-0.3, -0.25) is 19.3 Å². The molecule has 1 fully saturated rings. The van der Waals surface area contributed by atoms with Crippen LogP contribution in [0, 0.1) is 5.82 Å². The van der Waals surface area contributed by atoms with Crippen LogP contribution in [0.15, 0.2) is 36.4 Å². The van der Waals surface area contributed by atoms with E-state index in [9.17, 15) is 23.9 Å². The van der Waals surface area contributed by atoms with Crippen molar-refractivity contribution in [1.29, 1.82) is 0 Å². The molecule has 2 amide bonds. The van der Waals surface area contributed by atoms with Crippen molar-refractivity contribution >= 4 is 35.1 Å². The third-order valence-electron chi connectivity index (χ3n) is 6.67. The van der Waals surface area contributed by atoms with Gasteiger partial charge in [-0.25, -0.2) is 4.39 Å². The predicted octanol–water partition coefficient (Wildman–Crippen LogP) is 4.41. The minimum Gasteiger partial charge on any atom is -0.481 e. The molecule has 0 spiro atoms. The number of amides is 2. The van der Waals surface area contributed by atoms with E-state index in [2.05, 4.69) is 10.6 Å². The third kappa shape index (κ3) is 5.18. The normalized spacial score (nSPS) is 15.4. The number of anilines is 1. The van der Waals surface area contributed by atoms with Gasteiger partial charge in [0.2, 0.25) is 5.91 Å². The van der Waals surface area contributed by atoms with Crippen LogP contribution in [-0.2, 0) is 15.0 Å². The first-order chi connectivity index (χ1) is 16.3. The standard InChI is InChI=1S/C26H31ClFN3O4/c1-15(2)16-8-6-7-9-18(16)26(13-31(14-26)25(3,4)12-22(32)33)24(35)30-21-11-20(28)19(27)10-17(21)23(34)29-5/h6-11,15H,12-14H2,1-5H3,(H,29,34)(H,30,35)(H,32,33). The summed E-state index contributed by atoms with van der Waals surface area (Å²) in [5.74, 6) is -2.47. The molecule has 3 rings (SSSR count). The highest BCUT2D eigenvalue weighted by atomic mass is 35.5. The molecule has 0 unspecified atom stereocenters. The van der Waals surface area contributed by atoms with E-state index in [1.165, 1.54) is 13.1 Å². The Labute approximate surface area is 209 Å². The first-order valence-electron chi connectivity index (χ1n) is 11.4. The first-order valence-corrected chi connectivity index (χ1v) is 11.8. The number of halogens is 2. The average Bonchev–Trinajstić information content (AvgIpc) is 2.74. The Morgan fingerprint density at radius 1 is 1.20 bits per heavy atom. The maximum Gasteiger partial charge on any atom is 0.305 e. The average molecular weight is 504 g/mol. The highest BCUT2D eigenvalue weighted by Crippen LogP contribution is 2.43. The quantitative estimate of drug-likeness (QED) is 0.495. The van der Waals surface area contributed by atoms with Crippen molar-refractivity contribution in [2.45, 2.75) is 51.0 Å². The lowest BCUT2D eigenvalue weighted by atomic mass is 9.68. The molecular weight excluding hydrogens is 473 g/mol. The molecule has 1 heterocycles. The zero-order valence-electron chi connectivity index (χ0n) is 20.5. The molecule has 9 heteroatoms. The van der Waals surface area contributed by atoms with E-state index in [0.29, 0.717) is 0 Å². The van der Waals surface area contributed by atoms with Gasteiger partial charge in [-0.05, 0) is 43.0 Å². The minimum absolute atomic E-state index is 0.0147. The summed E-state index contributed by atoms with van der Waals surface area (Å²) in [4.78, 5) is 39.7. The van der Waals surface area contributed by atoms with Crippen LogP contribution in [0.25, 0.3) is 0 Å². The summed E-state index contributed by atoms with van der Waals surface area (Å²) in [7, 11) is 1.43. The molecule has 0 bridgehead atoms. The Bertz CT molecular complexity index is 1160. The second kappa shape index (κ2) is 9.95. The van der Waals surface area contributed by atoms with Gasteiger partial charge in [0.05, 0.1) is 28.1 Å². The molecule has 0 radical (unpaired) electrons. The van der Waals surface area contributed by atoms with Crippen LogP contribution in [0.3, 0.4) is 0 Å². The van der Waals surface area contributed by atoms with Crippen molar-refractivity contribution in [3.8, 4) is 0 Å². The van der Waals surface area contributed by atoms with E-state index in [4.69, 9.17) is 11.6 Å². The number of carbonyl (C=O) groups excluding carboxylic acids is 2. The number of carboxylic acid groups (broad SMARTS) is 1. The topological polar surface area (TPSA) is 98.7 Å². The summed E-state index contributed by atoms with van der Waals surface area (Å²) in [5, 5.41) is 14.4. The van der Waals surface area contributed by atoms with Gasteiger partial charge in [-0.2, -0.15) is 0 Å². The summed E-state index contributed by atoms with van der Waals surface area (Å²) in [6.45, 7) is 8.27. The van der Waals surface area contributed by atoms with Gasteiger partial charge in [-0.15, -0.1) is 0 Å². The highest BCUT2D eigenvalue weighted by molar-refractivity contribution is 6.31. The Hall–Kier alpha value is -2.97. The van der Waals surface area contributed by atoms with Crippen molar-refractivity contribution in [2.24, 2.45) is 0 Å². The van der Waals surface area contributed by atoms with E-state index in [-0.39, 0.29) is 41.7 Å². The zero-order chi connectivity index (χ0) is 26.1. The molecule has 1 saturated heterocycles. The zero-order valence-corrected chi connectivity index (χ0v) is 21.3. The van der Waals surface area contributed by atoms with Crippen molar-refractivity contribution in [3.63, 3.8) is 0 Å². The maximum absolute atomic E-state index is 14.3. The SMILES string of the molecule is CNC(=O)c1cc(Cl)c(F)cc1NC(=O)C1(c2ccccc2C(C)C)CN(C(C)(C)CC(=O)O)C1. The van der Waals surface area contributed by atoms with Gasteiger partial charge in [0.25, 0.3) is 5.91 Å². The highest BCUT2D eigenvalue weighted by Gasteiger charge is 2.55. The molecule has 1 aliphatic heterocycles. The lowest BCUT2D eigenvalue weighted by Crippen LogP contribution is -2.70. The van der Waals surface area contributed by atoms with Crippen LogP contribution in [-0.4, -0.2) is 53.5 Å². The van der Waals surface area contributed by atoms with E-state index in [0.717, 1.165) is 17.2 Å². The number of nitrogens with zero attached hydrogens (tertiary/aromatic N) is 1. The number of likely N-dealkylation sites (tertiary alicyclic amines) is 1. The van der Waals surface area contributed by atoms with Gasteiger partial charge >= 0.3 is 5.97 Å². The summed E-state index contributed by atoms with van der Waals surface area (Å²) in [6.07, 6.45) is -0.0836. The van der Waals surface area contributed by atoms with Crippen LogP contribution in [0.5, 0.6) is 0 Å². The van der Waals surface area contributed by atoms with Gasteiger partial charge in [0, 0.05) is 25.7 Å². The molecule has 0 atom stereocenters. The number of aliphatic carboxylic acids is 1. The van der Waals surface area contributed by atoms with Crippen molar-refractivity contribution in [2.75, 3.05) is 25.5 Å². The monoisotopic (exact) mass is 503 g/mol. The summed E-state index contributed by atoms with van der Waals surface area (Å²) in [6, 6.07) is 9.87. The lowest BCUT2D eigenvalue weighted by Gasteiger charge is -2.56. The van der Waals surface area contributed by atoms with E-state index >= 15 is 0 Å². The van der Waals surface area contributed by atoms with Gasteiger partial charge < -0.3 is 15.7 Å². The molecule has 2 aromatic rings. The Morgan fingerprint density at radius 3 is 2.40 bits per heavy atom. The van der Waals surface area contributed by atoms with Gasteiger partial charge in [-0.1, -0.05) is 49.7 Å². The second-order valence-corrected chi connectivity index (χ2v) is 10.3. The predicted molar refractivity (Wildman–Crippen MR) is 134 cm³/mol. The molecule has 35 heavy (non-hydrogen) atoms. The summed E-state index contributed by atoms with van der Waals surface area (Å²) < 4.78 is 14.3. The molecule has 1 aliphatic rings. The van der Waals surface area contributed by atoms with Crippen molar-refractivity contribution in [3.05, 3.63) is 63.9 Å². The fourth-order valence-electron chi connectivity index (χ4n) is 4.60. The Morgan fingerprint density at radius 2 is 1.83 bits per heavy atom. The number of carbonyl (C=O) groups is 3. The lowest BCUT2D eigenvalue weighted by molar-refractivity contribution is -0.143.